The van der Waals surface area contributed by atoms with Gasteiger partial charge in [-0.3, -0.25) is 14.9 Å². The SMILES string of the molecule is CC[C@]12Nc3ccc([N+](=O)[O-])cc3[C@](CC)(C1=O)C(c1ccccc1)=C2c1ccccc1. The van der Waals surface area contributed by atoms with E-state index in [-0.39, 0.29) is 11.5 Å². The third-order valence-electron chi connectivity index (χ3n) is 7.09. The summed E-state index contributed by atoms with van der Waals surface area (Å²) in [7, 11) is 0. The van der Waals surface area contributed by atoms with Gasteiger partial charge in [0, 0.05) is 23.4 Å². The van der Waals surface area contributed by atoms with Crippen LogP contribution in [0, 0.1) is 10.1 Å². The maximum Gasteiger partial charge on any atom is 0.269 e. The molecule has 1 N–H and O–H groups in total. The van der Waals surface area contributed by atoms with Crippen molar-refractivity contribution >= 4 is 28.3 Å². The third-order valence-corrected chi connectivity index (χ3v) is 7.09. The van der Waals surface area contributed by atoms with E-state index >= 15 is 0 Å². The second-order valence-corrected chi connectivity index (χ2v) is 8.44. The summed E-state index contributed by atoms with van der Waals surface area (Å²) in [5, 5.41) is 15.2. The first-order valence-electron chi connectivity index (χ1n) is 11.0. The van der Waals surface area contributed by atoms with Gasteiger partial charge < -0.3 is 5.32 Å². The van der Waals surface area contributed by atoms with Crippen LogP contribution in [0.15, 0.2) is 78.9 Å². The van der Waals surface area contributed by atoms with E-state index in [9.17, 15) is 14.9 Å². The molecule has 0 radical (unpaired) electrons. The number of benzene rings is 3. The van der Waals surface area contributed by atoms with Crippen LogP contribution in [0.3, 0.4) is 0 Å². The molecule has 0 fully saturated rings. The van der Waals surface area contributed by atoms with Crippen LogP contribution in [0.2, 0.25) is 0 Å². The zero-order chi connectivity index (χ0) is 22.5. The molecule has 1 aliphatic carbocycles. The van der Waals surface area contributed by atoms with Gasteiger partial charge in [0.1, 0.15) is 5.54 Å². The summed E-state index contributed by atoms with van der Waals surface area (Å²) in [4.78, 5) is 25.6. The summed E-state index contributed by atoms with van der Waals surface area (Å²) >= 11 is 0. The fourth-order valence-electron chi connectivity index (χ4n) is 5.68. The molecule has 0 saturated carbocycles. The fraction of sp³-hybridized carbons (Fsp3) is 0.222. The molecule has 0 amide bonds. The quantitative estimate of drug-likeness (QED) is 0.402. The molecule has 2 atom stereocenters. The zero-order valence-electron chi connectivity index (χ0n) is 18.1. The second kappa shape index (κ2) is 7.16. The van der Waals surface area contributed by atoms with E-state index in [2.05, 4.69) is 5.32 Å². The molecule has 2 bridgehead atoms. The van der Waals surface area contributed by atoms with Crippen molar-refractivity contribution < 1.29 is 9.72 Å². The molecule has 0 spiro atoms. The number of hydrogen-bond acceptors (Lipinski definition) is 4. The normalized spacial score (nSPS) is 23.6. The number of nitrogens with zero attached hydrogens (tertiary/aromatic N) is 1. The standard InChI is InChI=1S/C27H24N2O3/c1-3-26-21-17-20(29(31)32)15-16-22(21)28-27(4-2,25(26)30)24(19-13-9-6-10-14-19)23(26)18-11-7-5-8-12-18/h5-17,28H,3-4H2,1-2H3/t26-,27+/m0/s1. The number of non-ortho nitro benzene ring substituents is 1. The summed E-state index contributed by atoms with van der Waals surface area (Å²) in [6.07, 6.45) is 1.09. The average Bonchev–Trinajstić information content (AvgIpc) is 2.98. The van der Waals surface area contributed by atoms with E-state index in [1.54, 1.807) is 12.1 Å². The molecule has 0 saturated heterocycles. The molecule has 32 heavy (non-hydrogen) atoms. The van der Waals surface area contributed by atoms with E-state index in [4.69, 9.17) is 0 Å². The summed E-state index contributed by atoms with van der Waals surface area (Å²) in [5.74, 6) is 0.0701. The highest BCUT2D eigenvalue weighted by molar-refractivity contribution is 6.30. The number of Topliss-reactive ketones (excluding diaryl/α,β-unsaturated/α-hetero) is 1. The molecule has 5 rings (SSSR count). The number of anilines is 1. The number of hydrogen-bond donors (Lipinski definition) is 1. The van der Waals surface area contributed by atoms with Crippen molar-refractivity contribution in [2.75, 3.05) is 5.32 Å². The Morgan fingerprint density at radius 3 is 1.97 bits per heavy atom. The molecule has 3 aromatic carbocycles. The molecule has 0 unspecified atom stereocenters. The van der Waals surface area contributed by atoms with E-state index in [1.807, 2.05) is 74.5 Å². The van der Waals surface area contributed by atoms with Crippen molar-refractivity contribution in [3.8, 4) is 0 Å². The topological polar surface area (TPSA) is 72.2 Å². The van der Waals surface area contributed by atoms with Gasteiger partial charge in [-0.2, -0.15) is 0 Å². The summed E-state index contributed by atoms with van der Waals surface area (Å²) in [6, 6.07) is 24.8. The van der Waals surface area contributed by atoms with Crippen LogP contribution in [-0.4, -0.2) is 16.2 Å². The number of carbonyl (C=O) groups excluding carboxylic acids is 1. The van der Waals surface area contributed by atoms with Crippen molar-refractivity contribution in [1.29, 1.82) is 0 Å². The largest absolute Gasteiger partial charge is 0.369 e. The van der Waals surface area contributed by atoms with Crippen LogP contribution in [0.25, 0.3) is 11.1 Å². The number of allylic oxidation sites excluding steroid dienone is 1. The van der Waals surface area contributed by atoms with E-state index < -0.39 is 15.9 Å². The van der Waals surface area contributed by atoms with Gasteiger partial charge in [-0.1, -0.05) is 74.5 Å². The minimum Gasteiger partial charge on any atom is -0.369 e. The van der Waals surface area contributed by atoms with E-state index in [0.29, 0.717) is 18.4 Å². The lowest BCUT2D eigenvalue weighted by atomic mass is 9.65. The van der Waals surface area contributed by atoms with Gasteiger partial charge in [0.2, 0.25) is 0 Å². The number of nitro groups is 1. The van der Waals surface area contributed by atoms with E-state index in [0.717, 1.165) is 28.0 Å². The van der Waals surface area contributed by atoms with Crippen molar-refractivity contribution in [3.05, 3.63) is 106 Å². The molecular weight excluding hydrogens is 400 g/mol. The Kier molecular flexibility index (Phi) is 4.52. The zero-order valence-corrected chi connectivity index (χ0v) is 18.1. The molecule has 5 nitrogen and oxygen atoms in total. The Hall–Kier alpha value is -3.73. The first kappa shape index (κ1) is 20.2. The van der Waals surface area contributed by atoms with Crippen molar-refractivity contribution in [2.24, 2.45) is 0 Å². The lowest BCUT2D eigenvalue weighted by Gasteiger charge is -2.42. The van der Waals surface area contributed by atoms with E-state index in [1.165, 1.54) is 6.07 Å². The monoisotopic (exact) mass is 424 g/mol. The highest BCUT2D eigenvalue weighted by atomic mass is 16.6. The number of rotatable bonds is 5. The third kappa shape index (κ3) is 2.48. The summed E-state index contributed by atoms with van der Waals surface area (Å²) < 4.78 is 0. The van der Waals surface area contributed by atoms with Gasteiger partial charge in [0.05, 0.1) is 10.3 Å². The maximum absolute atomic E-state index is 14.4. The maximum atomic E-state index is 14.4. The Balaban J connectivity index is 1.95. The molecular formula is C27H24N2O3. The van der Waals surface area contributed by atoms with Gasteiger partial charge in [-0.15, -0.1) is 0 Å². The molecule has 2 aliphatic rings. The Bertz CT molecular complexity index is 1270. The number of fused-ring (bicyclic) bond motifs is 4. The van der Waals surface area contributed by atoms with Crippen LogP contribution in [0.4, 0.5) is 11.4 Å². The predicted molar refractivity (Wildman–Crippen MR) is 126 cm³/mol. The molecule has 3 aromatic rings. The smallest absolute Gasteiger partial charge is 0.269 e. The lowest BCUT2D eigenvalue weighted by Crippen LogP contribution is -2.54. The van der Waals surface area contributed by atoms with Gasteiger partial charge in [0.25, 0.3) is 5.69 Å². The van der Waals surface area contributed by atoms with Gasteiger partial charge in [-0.05, 0) is 41.2 Å². The van der Waals surface area contributed by atoms with Crippen LogP contribution in [0.1, 0.15) is 43.4 Å². The van der Waals surface area contributed by atoms with Crippen molar-refractivity contribution in [2.45, 2.75) is 37.6 Å². The first-order chi connectivity index (χ1) is 15.5. The highest BCUT2D eigenvalue weighted by Crippen LogP contribution is 2.62. The highest BCUT2D eigenvalue weighted by Gasteiger charge is 2.64. The molecule has 1 heterocycles. The molecule has 1 aliphatic heterocycles. The first-order valence-corrected chi connectivity index (χ1v) is 11.0. The molecule has 160 valence electrons. The summed E-state index contributed by atoms with van der Waals surface area (Å²) in [5.41, 5.74) is 3.50. The van der Waals surface area contributed by atoms with Crippen molar-refractivity contribution in [1.82, 2.24) is 0 Å². The Morgan fingerprint density at radius 2 is 1.44 bits per heavy atom. The number of nitro benzene ring substituents is 1. The minimum atomic E-state index is -0.963. The number of ketones is 1. The minimum absolute atomic E-state index is 0.00394. The van der Waals surface area contributed by atoms with Crippen LogP contribution < -0.4 is 5.32 Å². The van der Waals surface area contributed by atoms with Crippen LogP contribution >= 0.6 is 0 Å². The lowest BCUT2D eigenvalue weighted by molar-refractivity contribution is -0.384. The van der Waals surface area contributed by atoms with Gasteiger partial charge >= 0.3 is 0 Å². The predicted octanol–water partition coefficient (Wildman–Crippen LogP) is 6.01. The Morgan fingerprint density at radius 1 is 0.844 bits per heavy atom. The average molecular weight is 425 g/mol. The van der Waals surface area contributed by atoms with Crippen molar-refractivity contribution in [3.63, 3.8) is 0 Å². The van der Waals surface area contributed by atoms with Crippen LogP contribution in [0.5, 0.6) is 0 Å². The van der Waals surface area contributed by atoms with Crippen LogP contribution in [-0.2, 0) is 10.2 Å². The molecule has 0 aromatic heterocycles. The fourth-order valence-corrected chi connectivity index (χ4v) is 5.68. The van der Waals surface area contributed by atoms with Gasteiger partial charge in [-0.25, -0.2) is 0 Å². The second-order valence-electron chi connectivity index (χ2n) is 8.44. The Labute approximate surface area is 186 Å². The van der Waals surface area contributed by atoms with Gasteiger partial charge in [0.15, 0.2) is 5.78 Å². The number of nitrogens with one attached hydrogen (secondary N) is 1. The summed E-state index contributed by atoms with van der Waals surface area (Å²) in [6.45, 7) is 4.03. The molecule has 5 heteroatoms. The number of carbonyl (C=O) groups is 1.